The van der Waals surface area contributed by atoms with Crippen LogP contribution in [0.4, 0.5) is 0 Å². The van der Waals surface area contributed by atoms with Gasteiger partial charge in [-0.25, -0.2) is 13.1 Å². The Morgan fingerprint density at radius 3 is 2.58 bits per heavy atom. The van der Waals surface area contributed by atoms with E-state index in [0.29, 0.717) is 6.42 Å². The molecule has 0 aromatic heterocycles. The van der Waals surface area contributed by atoms with Crippen LogP contribution in [0.5, 0.6) is 0 Å². The van der Waals surface area contributed by atoms with Gasteiger partial charge in [0.1, 0.15) is 5.21 Å². The summed E-state index contributed by atoms with van der Waals surface area (Å²) in [6.45, 7) is 1.96. The van der Waals surface area contributed by atoms with Crippen LogP contribution in [0.15, 0.2) is 0 Å². The van der Waals surface area contributed by atoms with Crippen LogP contribution in [0.3, 0.4) is 0 Å². The maximum atomic E-state index is 10.8. The van der Waals surface area contributed by atoms with E-state index >= 15 is 0 Å². The normalized spacial score (nSPS) is 14.6. The van der Waals surface area contributed by atoms with Gasteiger partial charge in [-0.05, 0) is 6.42 Å². The second-order valence-corrected chi connectivity index (χ2v) is 4.91. The van der Waals surface area contributed by atoms with Crippen molar-refractivity contribution in [2.45, 2.75) is 25.9 Å². The summed E-state index contributed by atoms with van der Waals surface area (Å²) in [4.78, 5) is 0. The molecule has 2 N–H and O–H groups in total. The molecule has 1 unspecified atom stereocenters. The number of hydrogen-bond donors (Lipinski definition) is 2. The van der Waals surface area contributed by atoms with Crippen molar-refractivity contribution >= 4 is 21.6 Å². The minimum atomic E-state index is -3.38. The van der Waals surface area contributed by atoms with Crippen LogP contribution in [0.1, 0.15) is 19.8 Å². The molecule has 0 aromatic rings. The Balaban J connectivity index is 3.68. The van der Waals surface area contributed by atoms with Gasteiger partial charge in [-0.15, -0.1) is 11.6 Å². The number of aliphatic hydroxyl groups is 1. The van der Waals surface area contributed by atoms with Crippen molar-refractivity contribution < 1.29 is 13.5 Å². The maximum absolute atomic E-state index is 10.8. The van der Waals surface area contributed by atoms with Gasteiger partial charge in [0.05, 0.1) is 6.10 Å². The molecule has 0 aliphatic heterocycles. The van der Waals surface area contributed by atoms with Crippen molar-refractivity contribution in [2.75, 3.05) is 11.8 Å². The summed E-state index contributed by atoms with van der Waals surface area (Å²) in [5, 5.41) is 8.67. The predicted octanol–water partition coefficient (Wildman–Crippen LogP) is 0.263. The molecule has 0 aliphatic rings. The highest BCUT2D eigenvalue weighted by atomic mass is 35.5. The Labute approximate surface area is 78.0 Å². The first-order chi connectivity index (χ1) is 5.52. The molecule has 0 aromatic carbocycles. The first-order valence-corrected chi connectivity index (χ1v) is 5.92. The lowest BCUT2D eigenvalue weighted by molar-refractivity contribution is 0.167. The molecule has 0 bridgehead atoms. The molecule has 0 fully saturated rings. The lowest BCUT2D eigenvalue weighted by Crippen LogP contribution is -2.32. The molecule has 74 valence electrons. The van der Waals surface area contributed by atoms with Crippen molar-refractivity contribution in [1.82, 2.24) is 4.72 Å². The Morgan fingerprint density at radius 1 is 1.58 bits per heavy atom. The highest BCUT2D eigenvalue weighted by molar-refractivity contribution is 7.90. The summed E-state index contributed by atoms with van der Waals surface area (Å²) < 4.78 is 23.7. The summed E-state index contributed by atoms with van der Waals surface area (Å²) in [7, 11) is -3.38. The van der Waals surface area contributed by atoms with Gasteiger partial charge in [0.15, 0.2) is 0 Å². The molecular weight excluding hydrogens is 202 g/mol. The number of hydrogen-bond acceptors (Lipinski definition) is 3. The van der Waals surface area contributed by atoms with E-state index in [4.69, 9.17) is 16.7 Å². The zero-order chi connectivity index (χ0) is 9.61. The van der Waals surface area contributed by atoms with E-state index in [-0.39, 0.29) is 6.54 Å². The summed E-state index contributed by atoms with van der Waals surface area (Å²) in [6.07, 6.45) is 0.794. The minimum Gasteiger partial charge on any atom is -0.392 e. The number of sulfonamides is 1. The zero-order valence-corrected chi connectivity index (χ0v) is 8.53. The highest BCUT2D eigenvalue weighted by Gasteiger charge is 2.10. The Hall–Kier alpha value is 0.160. The molecule has 0 rings (SSSR count). The van der Waals surface area contributed by atoms with E-state index in [1.54, 1.807) is 0 Å². The second-order valence-electron chi connectivity index (χ2n) is 2.51. The molecule has 0 radical (unpaired) electrons. The SMILES string of the molecule is CCCC(O)CNS(=O)(=O)CCl. The third-order valence-electron chi connectivity index (χ3n) is 1.30. The maximum Gasteiger partial charge on any atom is 0.225 e. The number of halogens is 1. The monoisotopic (exact) mass is 215 g/mol. The quantitative estimate of drug-likeness (QED) is 0.625. The van der Waals surface area contributed by atoms with E-state index in [1.165, 1.54) is 0 Å². The van der Waals surface area contributed by atoms with E-state index in [2.05, 4.69) is 4.72 Å². The number of rotatable bonds is 6. The fraction of sp³-hybridized carbons (Fsp3) is 1.00. The number of alkyl halides is 1. The minimum absolute atomic E-state index is 0.0445. The Bertz CT molecular complexity index is 205. The topological polar surface area (TPSA) is 66.4 Å². The van der Waals surface area contributed by atoms with Crippen molar-refractivity contribution in [1.29, 1.82) is 0 Å². The summed E-state index contributed by atoms with van der Waals surface area (Å²) in [6, 6.07) is 0. The first-order valence-electron chi connectivity index (χ1n) is 3.73. The largest absolute Gasteiger partial charge is 0.392 e. The van der Waals surface area contributed by atoms with Gasteiger partial charge in [0.2, 0.25) is 10.0 Å². The molecule has 12 heavy (non-hydrogen) atoms. The van der Waals surface area contributed by atoms with Gasteiger partial charge >= 0.3 is 0 Å². The van der Waals surface area contributed by atoms with E-state index in [0.717, 1.165) is 6.42 Å². The first kappa shape index (κ1) is 12.2. The summed E-state index contributed by atoms with van der Waals surface area (Å²) in [5.41, 5.74) is 0. The average Bonchev–Trinajstić information content (AvgIpc) is 2.02. The van der Waals surface area contributed by atoms with Gasteiger partial charge in [-0.1, -0.05) is 13.3 Å². The van der Waals surface area contributed by atoms with Crippen molar-refractivity contribution in [3.05, 3.63) is 0 Å². The third-order valence-corrected chi connectivity index (χ3v) is 3.06. The summed E-state index contributed by atoms with van der Waals surface area (Å²) in [5.74, 6) is 0. The lowest BCUT2D eigenvalue weighted by Gasteiger charge is -2.09. The van der Waals surface area contributed by atoms with Crippen LogP contribution in [-0.4, -0.2) is 31.4 Å². The van der Waals surface area contributed by atoms with Crippen LogP contribution in [0, 0.1) is 0 Å². The molecule has 4 nitrogen and oxygen atoms in total. The van der Waals surface area contributed by atoms with Gasteiger partial charge in [0, 0.05) is 6.54 Å². The lowest BCUT2D eigenvalue weighted by atomic mass is 10.2. The molecule has 0 aliphatic carbocycles. The molecule has 0 heterocycles. The van der Waals surface area contributed by atoms with E-state index in [1.807, 2.05) is 6.92 Å². The van der Waals surface area contributed by atoms with Gasteiger partial charge in [0.25, 0.3) is 0 Å². The molecule has 1 atom stereocenters. The van der Waals surface area contributed by atoms with Crippen LogP contribution in [0.25, 0.3) is 0 Å². The standard InChI is InChI=1S/C6H14ClNO3S/c1-2-3-6(9)4-8-12(10,11)5-7/h6,8-9H,2-5H2,1H3. The fourth-order valence-electron chi connectivity index (χ4n) is 0.697. The van der Waals surface area contributed by atoms with Crippen LogP contribution < -0.4 is 4.72 Å². The average molecular weight is 216 g/mol. The zero-order valence-electron chi connectivity index (χ0n) is 6.96. The van der Waals surface area contributed by atoms with Crippen LogP contribution >= 0.6 is 11.6 Å². The number of nitrogens with one attached hydrogen (secondary N) is 1. The predicted molar refractivity (Wildman–Crippen MR) is 48.6 cm³/mol. The van der Waals surface area contributed by atoms with Crippen molar-refractivity contribution in [3.63, 3.8) is 0 Å². The molecule has 0 saturated heterocycles. The summed E-state index contributed by atoms with van der Waals surface area (Å²) >= 11 is 5.12. The van der Waals surface area contributed by atoms with Crippen LogP contribution in [0.2, 0.25) is 0 Å². The molecular formula is C6H14ClNO3S. The van der Waals surface area contributed by atoms with E-state index < -0.39 is 21.3 Å². The van der Waals surface area contributed by atoms with E-state index in [9.17, 15) is 8.42 Å². The fourth-order valence-corrected chi connectivity index (χ4v) is 1.45. The Morgan fingerprint density at radius 2 is 2.17 bits per heavy atom. The molecule has 0 amide bonds. The van der Waals surface area contributed by atoms with Crippen molar-refractivity contribution in [3.8, 4) is 0 Å². The molecule has 0 spiro atoms. The smallest absolute Gasteiger partial charge is 0.225 e. The number of aliphatic hydroxyl groups excluding tert-OH is 1. The molecule has 6 heteroatoms. The van der Waals surface area contributed by atoms with Crippen LogP contribution in [-0.2, 0) is 10.0 Å². The van der Waals surface area contributed by atoms with Gasteiger partial charge in [-0.3, -0.25) is 0 Å². The van der Waals surface area contributed by atoms with Crippen molar-refractivity contribution in [2.24, 2.45) is 0 Å². The Kier molecular flexibility index (Phi) is 5.82. The highest BCUT2D eigenvalue weighted by Crippen LogP contribution is 1.95. The van der Waals surface area contributed by atoms with Gasteiger partial charge in [-0.2, -0.15) is 0 Å². The molecule has 0 saturated carbocycles. The third kappa shape index (κ3) is 5.77. The second kappa shape index (κ2) is 5.75. The van der Waals surface area contributed by atoms with Gasteiger partial charge < -0.3 is 5.11 Å².